The van der Waals surface area contributed by atoms with Gasteiger partial charge in [-0.05, 0) is 103 Å². The summed E-state index contributed by atoms with van der Waals surface area (Å²) in [6.07, 6.45) is 1.52. The molecule has 63 heavy (non-hydrogen) atoms. The summed E-state index contributed by atoms with van der Waals surface area (Å²) in [4.78, 5) is 40.1. The Morgan fingerprint density at radius 1 is 0.698 bits per heavy atom. The van der Waals surface area contributed by atoms with Crippen LogP contribution >= 0.6 is 0 Å². The molecular weight excluding hydrogens is 822 g/mol. The highest BCUT2D eigenvalue weighted by Crippen LogP contribution is 2.31. The number of carbonyl (C=O) groups is 3. The maximum Gasteiger partial charge on any atom is 0.490 e. The highest BCUT2D eigenvalue weighted by molar-refractivity contribution is 5.73. The second-order valence-electron chi connectivity index (χ2n) is 15.6. The Labute approximate surface area is 366 Å². The predicted molar refractivity (Wildman–Crippen MR) is 230 cm³/mol. The van der Waals surface area contributed by atoms with Crippen LogP contribution in [0.4, 0.5) is 24.8 Å². The Kier molecular flexibility index (Phi) is 21.9. The third-order valence-electron chi connectivity index (χ3n) is 8.66. The van der Waals surface area contributed by atoms with Gasteiger partial charge in [-0.25, -0.2) is 14.8 Å². The summed E-state index contributed by atoms with van der Waals surface area (Å²) in [6.45, 7) is 12.5. The van der Waals surface area contributed by atoms with Gasteiger partial charge in [-0.2, -0.15) is 23.7 Å². The summed E-state index contributed by atoms with van der Waals surface area (Å²) in [5, 5.41) is 41.5. The highest BCUT2D eigenvalue weighted by Gasteiger charge is 2.38. The number of carbonyl (C=O) groups excluding carboxylic acids is 1. The zero-order chi connectivity index (χ0) is 46.9. The number of esters is 1. The summed E-state index contributed by atoms with van der Waals surface area (Å²) in [5.74, 6) is -0.817. The van der Waals surface area contributed by atoms with E-state index in [0.29, 0.717) is 61.7 Å². The van der Waals surface area contributed by atoms with Crippen LogP contribution in [0.5, 0.6) is 11.5 Å². The number of aromatic nitrogens is 2. The molecule has 2 aromatic heterocycles. The van der Waals surface area contributed by atoms with Gasteiger partial charge in [0.05, 0.1) is 55.9 Å². The molecule has 4 aromatic rings. The quantitative estimate of drug-likeness (QED) is 0.0454. The normalized spacial score (nSPS) is 10.9. The van der Waals surface area contributed by atoms with Gasteiger partial charge in [0.25, 0.3) is 0 Å². The van der Waals surface area contributed by atoms with Crippen molar-refractivity contribution in [3.8, 4) is 23.6 Å². The topological polar surface area (TPSA) is 217 Å². The van der Waals surface area contributed by atoms with Gasteiger partial charge < -0.3 is 35.1 Å². The van der Waals surface area contributed by atoms with Gasteiger partial charge >= 0.3 is 24.1 Å². The van der Waals surface area contributed by atoms with Crippen LogP contribution < -0.4 is 20.1 Å². The van der Waals surface area contributed by atoms with Gasteiger partial charge in [0.1, 0.15) is 23.1 Å². The molecule has 0 saturated carbocycles. The van der Waals surface area contributed by atoms with Crippen molar-refractivity contribution in [3.05, 3.63) is 107 Å². The summed E-state index contributed by atoms with van der Waals surface area (Å²) in [5.41, 5.74) is 2.14. The van der Waals surface area contributed by atoms with Gasteiger partial charge in [-0.3, -0.25) is 9.59 Å². The van der Waals surface area contributed by atoms with E-state index < -0.39 is 23.5 Å². The maximum absolute atomic E-state index is 11.8. The van der Waals surface area contributed by atoms with E-state index in [9.17, 15) is 33.3 Å². The van der Waals surface area contributed by atoms with Crippen LogP contribution in [0, 0.1) is 33.5 Å². The van der Waals surface area contributed by atoms with Gasteiger partial charge in [-0.1, -0.05) is 52.0 Å². The Morgan fingerprint density at radius 2 is 1.13 bits per heavy atom. The van der Waals surface area contributed by atoms with Gasteiger partial charge in [0.2, 0.25) is 0 Å². The molecule has 2 heterocycles. The molecule has 17 heteroatoms. The van der Waals surface area contributed by atoms with Crippen LogP contribution in [0.25, 0.3) is 0 Å². The van der Waals surface area contributed by atoms with E-state index in [1.54, 1.807) is 31.5 Å². The van der Waals surface area contributed by atoms with Crippen molar-refractivity contribution >= 4 is 29.5 Å². The van der Waals surface area contributed by atoms with Crippen molar-refractivity contribution in [2.45, 2.75) is 79.3 Å². The van der Waals surface area contributed by atoms with E-state index >= 15 is 0 Å². The Morgan fingerprint density at radius 3 is 1.48 bits per heavy atom. The first-order chi connectivity index (χ1) is 29.8. The van der Waals surface area contributed by atoms with E-state index in [2.05, 4.69) is 32.7 Å². The lowest BCUT2D eigenvalue weighted by Crippen LogP contribution is -2.22. The lowest BCUT2D eigenvalue weighted by Gasteiger charge is -2.24. The maximum atomic E-state index is 11.8. The number of halogens is 3. The number of hydrogen-bond acceptors (Lipinski definition) is 12. The molecule has 2 aromatic carbocycles. The molecule has 0 aliphatic heterocycles. The molecule has 0 radical (unpaired) electrons. The summed E-state index contributed by atoms with van der Waals surface area (Å²) in [6, 6.07) is 26.8. The number of anilines is 2. The molecular formula is C46H55F3N6O8. The zero-order valence-corrected chi connectivity index (χ0v) is 36.1. The average Bonchev–Trinajstić information content (AvgIpc) is 3.21. The third kappa shape index (κ3) is 22.0. The lowest BCUT2D eigenvalue weighted by molar-refractivity contribution is -0.192. The number of alkyl halides is 3. The van der Waals surface area contributed by atoms with Crippen LogP contribution in [0.1, 0.15) is 82.6 Å². The molecule has 0 aliphatic carbocycles. The van der Waals surface area contributed by atoms with Crippen LogP contribution in [-0.2, 0) is 32.0 Å². The molecule has 0 aliphatic rings. The number of carboxylic acid groups (broad SMARTS) is 2. The minimum absolute atomic E-state index is 0.0550. The van der Waals surface area contributed by atoms with E-state index in [4.69, 9.17) is 29.2 Å². The first-order valence-electron chi connectivity index (χ1n) is 20.1. The minimum atomic E-state index is -5.08. The van der Waals surface area contributed by atoms with Crippen molar-refractivity contribution in [2.75, 3.05) is 43.5 Å². The van der Waals surface area contributed by atoms with Crippen LogP contribution in [0.15, 0.2) is 85.2 Å². The number of nitrogens with zero attached hydrogens (tertiary/aromatic N) is 4. The molecule has 0 bridgehead atoms. The molecule has 0 spiro atoms. The fourth-order valence-corrected chi connectivity index (χ4v) is 5.87. The van der Waals surface area contributed by atoms with Crippen molar-refractivity contribution < 1.29 is 52.0 Å². The summed E-state index contributed by atoms with van der Waals surface area (Å²) in [7, 11) is 0. The predicted octanol–water partition coefficient (Wildman–Crippen LogP) is 8.87. The number of hydrogen-bond donors (Lipinski definition) is 4. The number of carboxylic acids is 2. The van der Waals surface area contributed by atoms with Gasteiger partial charge in [-0.15, -0.1) is 0 Å². The van der Waals surface area contributed by atoms with E-state index in [-0.39, 0.29) is 17.8 Å². The lowest BCUT2D eigenvalue weighted by atomic mass is 9.81. The molecule has 14 nitrogen and oxygen atoms in total. The zero-order valence-electron chi connectivity index (χ0n) is 36.1. The van der Waals surface area contributed by atoms with Gasteiger partial charge in [0.15, 0.2) is 0 Å². The first-order valence-corrected chi connectivity index (χ1v) is 20.1. The number of rotatable bonds is 21. The largest absolute Gasteiger partial charge is 0.493 e. The number of benzene rings is 2. The molecule has 0 amide bonds. The molecule has 0 unspecified atom stereocenters. The number of ether oxygens (including phenoxy) is 3. The Hall–Kier alpha value is -6.88. The Bertz CT molecular complexity index is 2120. The molecule has 0 fully saturated rings. The second kappa shape index (κ2) is 26.5. The standard InChI is InChI=1S/C23H29N3O3.C21H25N3O3.C2HF3O2/c1-4-28-22(27)16-23(2,3)15-18-9-10-20(14-19(18)17-24)29-13-7-12-26-21-8-5-6-11-25-21;1-21(2,14-20(25)26)13-16-7-8-18(12-17(16)15-22)27-11-5-10-24-19-6-3-4-9-23-19;3-2(4,5)1(6)7/h5-6,8-11,14H,4,7,12-13,15-16H2,1-3H3,(H,25,26);3-4,6-9,12H,5,10-11,13-14H2,1-2H3,(H,23,24)(H,25,26);(H,6,7). The third-order valence-corrected chi connectivity index (χ3v) is 8.66. The highest BCUT2D eigenvalue weighted by atomic mass is 19.4. The molecule has 338 valence electrons. The summed E-state index contributed by atoms with van der Waals surface area (Å²) >= 11 is 0. The van der Waals surface area contributed by atoms with Crippen LogP contribution in [0.2, 0.25) is 0 Å². The second-order valence-corrected chi connectivity index (χ2v) is 15.6. The fourth-order valence-electron chi connectivity index (χ4n) is 5.87. The molecule has 0 saturated heterocycles. The number of pyridine rings is 2. The van der Waals surface area contributed by atoms with E-state index in [0.717, 1.165) is 48.7 Å². The minimum Gasteiger partial charge on any atom is -0.493 e. The number of nitrogens with one attached hydrogen (secondary N) is 2. The van der Waals surface area contributed by atoms with Crippen molar-refractivity contribution in [3.63, 3.8) is 0 Å². The molecule has 4 rings (SSSR count). The number of aliphatic carboxylic acids is 2. The molecule has 4 N–H and O–H groups in total. The van der Waals surface area contributed by atoms with Crippen molar-refractivity contribution in [1.29, 1.82) is 10.5 Å². The van der Waals surface area contributed by atoms with Crippen molar-refractivity contribution in [1.82, 2.24) is 9.97 Å². The van der Waals surface area contributed by atoms with E-state index in [1.807, 2.05) is 88.4 Å². The number of nitriles is 2. The first kappa shape index (κ1) is 52.3. The smallest absolute Gasteiger partial charge is 0.490 e. The van der Waals surface area contributed by atoms with Crippen LogP contribution in [0.3, 0.4) is 0 Å². The molecule has 0 atom stereocenters. The fraction of sp³-hybridized carbons (Fsp3) is 0.413. The Balaban J connectivity index is 0.000000377. The summed E-state index contributed by atoms with van der Waals surface area (Å²) < 4.78 is 48.3. The monoisotopic (exact) mass is 876 g/mol. The van der Waals surface area contributed by atoms with E-state index in [1.165, 1.54) is 0 Å². The van der Waals surface area contributed by atoms with Crippen molar-refractivity contribution in [2.24, 2.45) is 10.8 Å². The van der Waals surface area contributed by atoms with Gasteiger partial charge in [0, 0.05) is 25.5 Å². The van der Waals surface area contributed by atoms with Crippen LogP contribution in [-0.4, -0.2) is 77.2 Å². The average molecular weight is 877 g/mol. The SMILES string of the molecule is CC(C)(CC(=O)O)Cc1ccc(OCCCNc2ccccn2)cc1C#N.CCOC(=O)CC(C)(C)Cc1ccc(OCCCNc2ccccn2)cc1C#N.O=C(O)C(F)(F)F.